The van der Waals surface area contributed by atoms with Crippen LogP contribution in [0.4, 0.5) is 0 Å². The predicted molar refractivity (Wildman–Crippen MR) is 51.6 cm³/mol. The van der Waals surface area contributed by atoms with Gasteiger partial charge in [0, 0.05) is 12.1 Å². The third-order valence-corrected chi connectivity index (χ3v) is 1.96. The first-order valence-electron chi connectivity index (χ1n) is 4.22. The van der Waals surface area contributed by atoms with Gasteiger partial charge in [0.2, 0.25) is 0 Å². The van der Waals surface area contributed by atoms with Crippen molar-refractivity contribution >= 4 is 0 Å². The summed E-state index contributed by atoms with van der Waals surface area (Å²) in [4.78, 5) is 0. The fraction of sp³-hybridized carbons (Fsp3) is 0.400. The smallest absolute Gasteiger partial charge is 0.0266 e. The molecular formula is C10H16N2. The van der Waals surface area contributed by atoms with Gasteiger partial charge in [-0.3, -0.25) is 0 Å². The molecular weight excluding hydrogens is 148 g/mol. The molecule has 2 atom stereocenters. The van der Waals surface area contributed by atoms with E-state index in [1.54, 1.807) is 0 Å². The van der Waals surface area contributed by atoms with E-state index in [-0.39, 0.29) is 12.1 Å². The Balaban J connectivity index is 2.96. The summed E-state index contributed by atoms with van der Waals surface area (Å²) in [5.74, 6) is 0. The summed E-state index contributed by atoms with van der Waals surface area (Å²) in [6.07, 6.45) is 0. The van der Waals surface area contributed by atoms with Gasteiger partial charge in [0.1, 0.15) is 0 Å². The van der Waals surface area contributed by atoms with Crippen LogP contribution >= 0.6 is 0 Å². The summed E-state index contributed by atoms with van der Waals surface area (Å²) in [5.41, 5.74) is 13.8. The minimum atomic E-state index is 0.0868. The van der Waals surface area contributed by atoms with Crippen LogP contribution in [0.15, 0.2) is 24.3 Å². The van der Waals surface area contributed by atoms with E-state index in [1.165, 1.54) is 0 Å². The minimum Gasteiger partial charge on any atom is -0.324 e. The Morgan fingerprint density at radius 1 is 1.00 bits per heavy atom. The van der Waals surface area contributed by atoms with Crippen LogP contribution in [-0.2, 0) is 0 Å². The third-order valence-electron chi connectivity index (χ3n) is 1.96. The van der Waals surface area contributed by atoms with Gasteiger partial charge in [0.25, 0.3) is 0 Å². The molecule has 4 N–H and O–H groups in total. The van der Waals surface area contributed by atoms with E-state index in [2.05, 4.69) is 6.07 Å². The molecule has 0 saturated carbocycles. The molecule has 0 aliphatic rings. The SMILES string of the molecule is CC(N)c1cccc(C(C)N)c1. The maximum absolute atomic E-state index is 5.74. The number of hydrogen-bond acceptors (Lipinski definition) is 2. The first-order valence-corrected chi connectivity index (χ1v) is 4.22. The zero-order valence-electron chi connectivity index (χ0n) is 7.62. The van der Waals surface area contributed by atoms with Crippen LogP contribution in [0.25, 0.3) is 0 Å². The van der Waals surface area contributed by atoms with Crippen molar-refractivity contribution in [3.63, 3.8) is 0 Å². The molecule has 0 amide bonds. The highest BCUT2D eigenvalue weighted by molar-refractivity contribution is 5.27. The van der Waals surface area contributed by atoms with E-state index in [9.17, 15) is 0 Å². The Morgan fingerprint density at radius 3 is 1.75 bits per heavy atom. The Hall–Kier alpha value is -0.860. The molecule has 2 nitrogen and oxygen atoms in total. The van der Waals surface area contributed by atoms with Crippen LogP contribution in [0.5, 0.6) is 0 Å². The Kier molecular flexibility index (Phi) is 2.84. The van der Waals surface area contributed by atoms with Crippen molar-refractivity contribution in [1.82, 2.24) is 0 Å². The molecule has 1 aromatic carbocycles. The Labute approximate surface area is 73.6 Å². The third kappa shape index (κ3) is 2.06. The number of nitrogens with two attached hydrogens (primary N) is 2. The van der Waals surface area contributed by atoms with Crippen molar-refractivity contribution in [2.45, 2.75) is 25.9 Å². The monoisotopic (exact) mass is 164 g/mol. The second-order valence-corrected chi connectivity index (χ2v) is 3.25. The van der Waals surface area contributed by atoms with Crippen molar-refractivity contribution in [2.24, 2.45) is 11.5 Å². The van der Waals surface area contributed by atoms with Crippen LogP contribution < -0.4 is 11.5 Å². The molecule has 66 valence electrons. The highest BCUT2D eigenvalue weighted by Gasteiger charge is 2.02. The zero-order valence-corrected chi connectivity index (χ0v) is 7.62. The second kappa shape index (κ2) is 3.70. The second-order valence-electron chi connectivity index (χ2n) is 3.25. The van der Waals surface area contributed by atoms with Gasteiger partial charge in [0.05, 0.1) is 0 Å². The van der Waals surface area contributed by atoms with Gasteiger partial charge in [-0.15, -0.1) is 0 Å². The van der Waals surface area contributed by atoms with Crippen LogP contribution in [0.2, 0.25) is 0 Å². The zero-order chi connectivity index (χ0) is 9.14. The Morgan fingerprint density at radius 2 is 1.42 bits per heavy atom. The summed E-state index contributed by atoms with van der Waals surface area (Å²) in [5, 5.41) is 0. The molecule has 0 aromatic heterocycles. The average molecular weight is 164 g/mol. The molecule has 0 heterocycles. The lowest BCUT2D eigenvalue weighted by atomic mass is 10.0. The highest BCUT2D eigenvalue weighted by atomic mass is 14.6. The van der Waals surface area contributed by atoms with Gasteiger partial charge in [-0.05, 0) is 25.0 Å². The maximum Gasteiger partial charge on any atom is 0.0266 e. The van der Waals surface area contributed by atoms with Gasteiger partial charge in [-0.1, -0.05) is 24.3 Å². The molecule has 0 saturated heterocycles. The van der Waals surface area contributed by atoms with Crippen molar-refractivity contribution < 1.29 is 0 Å². The van der Waals surface area contributed by atoms with E-state index in [0.717, 1.165) is 11.1 Å². The van der Waals surface area contributed by atoms with Gasteiger partial charge < -0.3 is 11.5 Å². The predicted octanol–water partition coefficient (Wildman–Crippen LogP) is 1.73. The lowest BCUT2D eigenvalue weighted by Gasteiger charge is -2.10. The standard InChI is InChI=1S/C10H16N2/c1-7(11)9-4-3-5-10(6-9)8(2)12/h3-8H,11-12H2,1-2H3. The van der Waals surface area contributed by atoms with Crippen molar-refractivity contribution in [1.29, 1.82) is 0 Å². The van der Waals surface area contributed by atoms with Crippen LogP contribution in [0.3, 0.4) is 0 Å². The summed E-state index contributed by atoms with van der Waals surface area (Å²) in [6.45, 7) is 3.95. The van der Waals surface area contributed by atoms with Crippen molar-refractivity contribution in [2.75, 3.05) is 0 Å². The van der Waals surface area contributed by atoms with Crippen LogP contribution in [0, 0.1) is 0 Å². The van der Waals surface area contributed by atoms with E-state index < -0.39 is 0 Å². The summed E-state index contributed by atoms with van der Waals surface area (Å²) in [7, 11) is 0. The Bertz CT molecular complexity index is 231. The van der Waals surface area contributed by atoms with Crippen LogP contribution in [0.1, 0.15) is 37.1 Å². The minimum absolute atomic E-state index is 0.0868. The van der Waals surface area contributed by atoms with Crippen molar-refractivity contribution in [3.8, 4) is 0 Å². The molecule has 0 fully saturated rings. The fourth-order valence-corrected chi connectivity index (χ4v) is 1.13. The van der Waals surface area contributed by atoms with E-state index in [1.807, 2.05) is 32.0 Å². The first kappa shape index (κ1) is 9.23. The van der Waals surface area contributed by atoms with Gasteiger partial charge >= 0.3 is 0 Å². The highest BCUT2D eigenvalue weighted by Crippen LogP contribution is 2.15. The van der Waals surface area contributed by atoms with E-state index in [4.69, 9.17) is 11.5 Å². The average Bonchev–Trinajstić information content (AvgIpc) is 2.04. The number of rotatable bonds is 2. The fourth-order valence-electron chi connectivity index (χ4n) is 1.13. The largest absolute Gasteiger partial charge is 0.324 e. The summed E-state index contributed by atoms with van der Waals surface area (Å²) in [6, 6.07) is 8.28. The lowest BCUT2D eigenvalue weighted by Crippen LogP contribution is -2.08. The molecule has 1 aromatic rings. The summed E-state index contributed by atoms with van der Waals surface area (Å²) >= 11 is 0. The molecule has 0 aliphatic carbocycles. The van der Waals surface area contributed by atoms with Crippen LogP contribution in [-0.4, -0.2) is 0 Å². The summed E-state index contributed by atoms with van der Waals surface area (Å²) < 4.78 is 0. The number of benzene rings is 1. The normalized spacial score (nSPS) is 15.7. The van der Waals surface area contributed by atoms with Gasteiger partial charge in [-0.2, -0.15) is 0 Å². The lowest BCUT2D eigenvalue weighted by molar-refractivity contribution is 0.789. The van der Waals surface area contributed by atoms with E-state index >= 15 is 0 Å². The maximum atomic E-state index is 5.74. The quantitative estimate of drug-likeness (QED) is 0.699. The molecule has 12 heavy (non-hydrogen) atoms. The topological polar surface area (TPSA) is 52.0 Å². The first-order chi connectivity index (χ1) is 5.61. The molecule has 2 unspecified atom stereocenters. The van der Waals surface area contributed by atoms with Gasteiger partial charge in [-0.25, -0.2) is 0 Å². The molecule has 0 aliphatic heterocycles. The molecule has 0 spiro atoms. The molecule has 2 heteroatoms. The van der Waals surface area contributed by atoms with Gasteiger partial charge in [0.15, 0.2) is 0 Å². The van der Waals surface area contributed by atoms with E-state index in [0.29, 0.717) is 0 Å². The number of hydrogen-bond donors (Lipinski definition) is 2. The van der Waals surface area contributed by atoms with Crippen molar-refractivity contribution in [3.05, 3.63) is 35.4 Å². The molecule has 1 rings (SSSR count). The molecule has 0 radical (unpaired) electrons. The molecule has 0 bridgehead atoms.